The zero-order valence-corrected chi connectivity index (χ0v) is 15.4. The van der Waals surface area contributed by atoms with E-state index in [0.29, 0.717) is 30.9 Å². The lowest BCUT2D eigenvalue weighted by Gasteiger charge is -2.17. The normalized spacial score (nSPS) is 18.1. The summed E-state index contributed by atoms with van der Waals surface area (Å²) in [6.07, 6.45) is 0.462. The Morgan fingerprint density at radius 2 is 1.92 bits per heavy atom. The molecule has 3 rings (SSSR count). The highest BCUT2D eigenvalue weighted by Gasteiger charge is 2.36. The van der Waals surface area contributed by atoms with Crippen LogP contribution < -0.4 is 4.72 Å². The quantitative estimate of drug-likeness (QED) is 0.864. The molecular formula is C17H22N4O3S. The Kier molecular flexibility index (Phi) is 4.66. The van der Waals surface area contributed by atoms with Crippen LogP contribution in [0.4, 0.5) is 0 Å². The van der Waals surface area contributed by atoms with Crippen molar-refractivity contribution >= 4 is 15.9 Å². The van der Waals surface area contributed by atoms with Gasteiger partial charge in [0.1, 0.15) is 10.9 Å². The Hall–Kier alpha value is -2.19. The summed E-state index contributed by atoms with van der Waals surface area (Å²) < 4.78 is 29.5. The zero-order valence-electron chi connectivity index (χ0n) is 14.6. The van der Waals surface area contributed by atoms with E-state index in [9.17, 15) is 13.2 Å². The van der Waals surface area contributed by atoms with Crippen molar-refractivity contribution in [1.82, 2.24) is 19.4 Å². The molecule has 134 valence electrons. The minimum atomic E-state index is -3.79. The third-order valence-electron chi connectivity index (χ3n) is 4.52. The molecule has 1 aliphatic rings. The first-order valence-corrected chi connectivity index (χ1v) is 9.63. The number of amides is 1. The Morgan fingerprint density at radius 1 is 1.24 bits per heavy atom. The lowest BCUT2D eigenvalue weighted by atomic mass is 10.2. The average molecular weight is 362 g/mol. The fourth-order valence-electron chi connectivity index (χ4n) is 3.20. The molecule has 1 amide bonds. The van der Waals surface area contributed by atoms with E-state index in [1.54, 1.807) is 25.8 Å². The number of sulfonamides is 1. The maximum Gasteiger partial charge on any atom is 0.244 e. The second kappa shape index (κ2) is 6.61. The fourth-order valence-corrected chi connectivity index (χ4v) is 4.86. The molecule has 25 heavy (non-hydrogen) atoms. The van der Waals surface area contributed by atoms with E-state index in [2.05, 4.69) is 9.82 Å². The minimum Gasteiger partial charge on any atom is -0.337 e. The largest absolute Gasteiger partial charge is 0.337 e. The van der Waals surface area contributed by atoms with Crippen LogP contribution in [0.25, 0.3) is 0 Å². The highest BCUT2D eigenvalue weighted by atomic mass is 32.2. The first kappa shape index (κ1) is 17.6. The number of carbonyl (C=O) groups is 1. The summed E-state index contributed by atoms with van der Waals surface area (Å²) in [4.78, 5) is 14.4. The van der Waals surface area contributed by atoms with Gasteiger partial charge in [-0.25, -0.2) is 8.42 Å². The molecule has 1 aromatic carbocycles. The van der Waals surface area contributed by atoms with Crippen LogP contribution in [0.1, 0.15) is 23.4 Å². The number of hydrogen-bond acceptors (Lipinski definition) is 4. The molecule has 0 unspecified atom stereocenters. The molecule has 0 bridgehead atoms. The molecule has 8 heteroatoms. The number of likely N-dealkylation sites (tertiary alicyclic amines) is 1. The monoisotopic (exact) mass is 362 g/mol. The molecule has 0 aliphatic carbocycles. The maximum absolute atomic E-state index is 12.7. The number of hydrogen-bond donors (Lipinski definition) is 1. The molecule has 0 spiro atoms. The first-order valence-electron chi connectivity index (χ1n) is 8.15. The molecular weight excluding hydrogens is 340 g/mol. The van der Waals surface area contributed by atoms with Crippen LogP contribution in [-0.4, -0.2) is 41.6 Å². The lowest BCUT2D eigenvalue weighted by Crippen LogP contribution is -2.41. The van der Waals surface area contributed by atoms with Gasteiger partial charge in [-0.05, 0) is 25.8 Å². The van der Waals surface area contributed by atoms with Crippen molar-refractivity contribution in [3.05, 3.63) is 47.3 Å². The summed E-state index contributed by atoms with van der Waals surface area (Å²) in [5.74, 6) is -0.188. The molecule has 0 radical (unpaired) electrons. The molecule has 2 heterocycles. The zero-order chi connectivity index (χ0) is 18.2. The van der Waals surface area contributed by atoms with Gasteiger partial charge in [-0.15, -0.1) is 0 Å². The van der Waals surface area contributed by atoms with Crippen molar-refractivity contribution in [2.24, 2.45) is 7.05 Å². The minimum absolute atomic E-state index is 0.157. The number of rotatable bonds is 5. The summed E-state index contributed by atoms with van der Waals surface area (Å²) in [5.41, 5.74) is 2.01. The maximum atomic E-state index is 12.7. The predicted octanol–water partition coefficient (Wildman–Crippen LogP) is 1.12. The standard InChI is InChI=1S/C17H22N4O3S/c1-12-16(13(2)20(3)18-12)25(23,24)19-15-9-10-21(17(15)22)11-14-7-5-4-6-8-14/h4-8,15,19H,9-11H2,1-3H3/t15-/m0/s1. The fraction of sp³-hybridized carbons (Fsp3) is 0.412. The second-order valence-electron chi connectivity index (χ2n) is 6.33. The van der Waals surface area contributed by atoms with Crippen molar-refractivity contribution in [3.8, 4) is 0 Å². The van der Waals surface area contributed by atoms with Crippen molar-refractivity contribution in [2.75, 3.05) is 6.54 Å². The van der Waals surface area contributed by atoms with E-state index < -0.39 is 16.1 Å². The molecule has 1 fully saturated rings. The predicted molar refractivity (Wildman–Crippen MR) is 93.3 cm³/mol. The van der Waals surface area contributed by atoms with Gasteiger partial charge in [0.15, 0.2) is 0 Å². The van der Waals surface area contributed by atoms with Crippen LogP contribution in [0.2, 0.25) is 0 Å². The molecule has 0 saturated carbocycles. The number of aromatic nitrogens is 2. The molecule has 1 N–H and O–H groups in total. The SMILES string of the molecule is Cc1nn(C)c(C)c1S(=O)(=O)N[C@H]1CCN(Cc2ccccc2)C1=O. The van der Waals surface area contributed by atoms with Gasteiger partial charge in [-0.3, -0.25) is 9.48 Å². The lowest BCUT2D eigenvalue weighted by molar-refractivity contribution is -0.129. The van der Waals surface area contributed by atoms with Crippen molar-refractivity contribution in [3.63, 3.8) is 0 Å². The smallest absolute Gasteiger partial charge is 0.244 e. The van der Waals surface area contributed by atoms with Gasteiger partial charge in [-0.2, -0.15) is 9.82 Å². The van der Waals surface area contributed by atoms with Crippen LogP contribution in [0.3, 0.4) is 0 Å². The molecule has 1 aliphatic heterocycles. The highest BCUT2D eigenvalue weighted by Crippen LogP contribution is 2.21. The topological polar surface area (TPSA) is 84.3 Å². The Balaban J connectivity index is 1.74. The number of nitrogens with zero attached hydrogens (tertiary/aromatic N) is 3. The molecule has 1 atom stereocenters. The summed E-state index contributed by atoms with van der Waals surface area (Å²) in [6.45, 7) is 4.38. The van der Waals surface area contributed by atoms with Crippen LogP contribution in [0.5, 0.6) is 0 Å². The third-order valence-corrected chi connectivity index (χ3v) is 6.25. The molecule has 1 aromatic heterocycles. The first-order chi connectivity index (χ1) is 11.8. The van der Waals surface area contributed by atoms with Gasteiger partial charge < -0.3 is 4.90 Å². The van der Waals surface area contributed by atoms with E-state index in [0.717, 1.165) is 5.56 Å². The second-order valence-corrected chi connectivity index (χ2v) is 7.98. The number of benzene rings is 1. The molecule has 7 nitrogen and oxygen atoms in total. The molecule has 2 aromatic rings. The van der Waals surface area contributed by atoms with E-state index >= 15 is 0 Å². The van der Waals surface area contributed by atoms with Crippen LogP contribution >= 0.6 is 0 Å². The van der Waals surface area contributed by atoms with Crippen molar-refractivity contribution in [1.29, 1.82) is 0 Å². The van der Waals surface area contributed by atoms with Gasteiger partial charge in [-0.1, -0.05) is 30.3 Å². The van der Waals surface area contributed by atoms with E-state index in [1.165, 1.54) is 4.68 Å². The summed E-state index contributed by atoms with van der Waals surface area (Å²) in [5, 5.41) is 4.14. The van der Waals surface area contributed by atoms with E-state index in [1.807, 2.05) is 30.3 Å². The van der Waals surface area contributed by atoms with Crippen molar-refractivity contribution in [2.45, 2.75) is 37.8 Å². The summed E-state index contributed by atoms with van der Waals surface area (Å²) in [7, 11) is -2.10. The third kappa shape index (κ3) is 3.45. The molecule has 1 saturated heterocycles. The highest BCUT2D eigenvalue weighted by molar-refractivity contribution is 7.89. The van der Waals surface area contributed by atoms with Gasteiger partial charge in [0.2, 0.25) is 15.9 Å². The average Bonchev–Trinajstić information content (AvgIpc) is 3.01. The summed E-state index contributed by atoms with van der Waals surface area (Å²) >= 11 is 0. The Bertz CT molecular complexity index is 890. The summed E-state index contributed by atoms with van der Waals surface area (Å²) in [6, 6.07) is 8.94. The number of aryl methyl sites for hydroxylation is 2. The Morgan fingerprint density at radius 3 is 2.52 bits per heavy atom. The van der Waals surface area contributed by atoms with E-state index in [4.69, 9.17) is 0 Å². The van der Waals surface area contributed by atoms with Gasteiger partial charge in [0.25, 0.3) is 0 Å². The van der Waals surface area contributed by atoms with Crippen LogP contribution in [-0.2, 0) is 28.4 Å². The Labute approximate surface area is 147 Å². The number of carbonyl (C=O) groups excluding carboxylic acids is 1. The van der Waals surface area contributed by atoms with Gasteiger partial charge in [0.05, 0.1) is 11.4 Å². The van der Waals surface area contributed by atoms with E-state index in [-0.39, 0.29) is 10.8 Å². The number of nitrogens with one attached hydrogen (secondary N) is 1. The van der Waals surface area contributed by atoms with Crippen LogP contribution in [0, 0.1) is 13.8 Å². The van der Waals surface area contributed by atoms with Crippen molar-refractivity contribution < 1.29 is 13.2 Å². The van der Waals surface area contributed by atoms with Crippen LogP contribution in [0.15, 0.2) is 35.2 Å². The van der Waals surface area contributed by atoms with Gasteiger partial charge in [0, 0.05) is 20.1 Å². The van der Waals surface area contributed by atoms with Gasteiger partial charge >= 0.3 is 0 Å².